The molecule has 1 aromatic heterocycles. The third-order valence-corrected chi connectivity index (χ3v) is 4.10. The molecule has 0 radical (unpaired) electrons. The summed E-state index contributed by atoms with van der Waals surface area (Å²) in [6.45, 7) is 4.25. The number of nitrogen functional groups attached to an aromatic ring is 1. The lowest BCUT2D eigenvalue weighted by Gasteiger charge is -2.11. The first kappa shape index (κ1) is 16.7. The van der Waals surface area contributed by atoms with Crippen LogP contribution in [0.1, 0.15) is 35.7 Å². The molecule has 126 valence electrons. The van der Waals surface area contributed by atoms with Gasteiger partial charge in [0, 0.05) is 17.3 Å². The molecule has 0 spiro atoms. The predicted molar refractivity (Wildman–Crippen MR) is 103 cm³/mol. The molecule has 4 heteroatoms. The Morgan fingerprint density at radius 2 is 1.80 bits per heavy atom. The average Bonchev–Trinajstić information content (AvgIpc) is 2.64. The molecule has 0 atom stereocenters. The van der Waals surface area contributed by atoms with E-state index in [2.05, 4.69) is 24.1 Å². The van der Waals surface area contributed by atoms with Crippen LogP contribution in [0.25, 0.3) is 11.3 Å². The molecule has 0 saturated heterocycles. The van der Waals surface area contributed by atoms with Gasteiger partial charge in [-0.3, -0.25) is 9.78 Å². The standard InChI is InChI=1S/C21H21N3O/c1-14(2)15-6-8-16(9-7-15)21(25)24-20-13-17(10-11-18(20)22)19-5-3-4-12-23-19/h3-14H,22H2,1-2H3,(H,24,25). The summed E-state index contributed by atoms with van der Waals surface area (Å²) in [4.78, 5) is 16.8. The van der Waals surface area contributed by atoms with Crippen molar-refractivity contribution in [2.75, 3.05) is 11.1 Å². The first-order chi connectivity index (χ1) is 12.0. The summed E-state index contributed by atoms with van der Waals surface area (Å²) < 4.78 is 0. The van der Waals surface area contributed by atoms with Gasteiger partial charge in [-0.2, -0.15) is 0 Å². The van der Waals surface area contributed by atoms with E-state index >= 15 is 0 Å². The van der Waals surface area contributed by atoms with Gasteiger partial charge in [0.05, 0.1) is 17.1 Å². The fraction of sp³-hybridized carbons (Fsp3) is 0.143. The molecule has 0 unspecified atom stereocenters. The molecule has 1 heterocycles. The maximum atomic E-state index is 12.5. The Morgan fingerprint density at radius 3 is 2.44 bits per heavy atom. The zero-order valence-electron chi connectivity index (χ0n) is 14.4. The van der Waals surface area contributed by atoms with Crippen molar-refractivity contribution in [2.24, 2.45) is 0 Å². The van der Waals surface area contributed by atoms with Crippen LogP contribution in [0.15, 0.2) is 66.9 Å². The lowest BCUT2D eigenvalue weighted by atomic mass is 10.0. The summed E-state index contributed by atoms with van der Waals surface area (Å²) in [5, 5.41) is 2.89. The fourth-order valence-electron chi connectivity index (χ4n) is 2.57. The zero-order valence-corrected chi connectivity index (χ0v) is 14.4. The van der Waals surface area contributed by atoms with Crippen LogP contribution in [-0.2, 0) is 0 Å². The Kier molecular flexibility index (Phi) is 4.80. The monoisotopic (exact) mass is 331 g/mol. The lowest BCUT2D eigenvalue weighted by Crippen LogP contribution is -2.13. The molecule has 3 aromatic rings. The van der Waals surface area contributed by atoms with Gasteiger partial charge in [0.1, 0.15) is 0 Å². The van der Waals surface area contributed by atoms with Crippen LogP contribution in [-0.4, -0.2) is 10.9 Å². The van der Waals surface area contributed by atoms with Crippen LogP contribution in [0, 0.1) is 0 Å². The molecule has 2 aromatic carbocycles. The predicted octanol–water partition coefficient (Wildman–Crippen LogP) is 4.71. The second-order valence-corrected chi connectivity index (χ2v) is 6.25. The third kappa shape index (κ3) is 3.86. The SMILES string of the molecule is CC(C)c1ccc(C(=O)Nc2cc(-c3ccccn3)ccc2N)cc1. The highest BCUT2D eigenvalue weighted by Crippen LogP contribution is 2.26. The van der Waals surface area contributed by atoms with Gasteiger partial charge in [-0.05, 0) is 47.9 Å². The number of amides is 1. The number of nitrogens with one attached hydrogen (secondary N) is 1. The van der Waals surface area contributed by atoms with Crippen molar-refractivity contribution in [2.45, 2.75) is 19.8 Å². The van der Waals surface area contributed by atoms with Gasteiger partial charge < -0.3 is 11.1 Å². The number of pyridine rings is 1. The highest BCUT2D eigenvalue weighted by molar-refractivity contribution is 6.06. The minimum atomic E-state index is -0.180. The van der Waals surface area contributed by atoms with E-state index in [9.17, 15) is 4.79 Å². The number of hydrogen-bond donors (Lipinski definition) is 2. The van der Waals surface area contributed by atoms with Gasteiger partial charge >= 0.3 is 0 Å². The van der Waals surface area contributed by atoms with Gasteiger partial charge in [0.15, 0.2) is 0 Å². The number of anilines is 2. The number of hydrogen-bond acceptors (Lipinski definition) is 3. The number of carbonyl (C=O) groups excluding carboxylic acids is 1. The molecule has 0 bridgehead atoms. The summed E-state index contributed by atoms with van der Waals surface area (Å²) >= 11 is 0. The molecule has 0 saturated carbocycles. The Hall–Kier alpha value is -3.14. The van der Waals surface area contributed by atoms with E-state index in [0.717, 1.165) is 11.3 Å². The highest BCUT2D eigenvalue weighted by atomic mass is 16.1. The molecule has 3 rings (SSSR count). The number of benzene rings is 2. The highest BCUT2D eigenvalue weighted by Gasteiger charge is 2.10. The molecule has 3 N–H and O–H groups in total. The van der Waals surface area contributed by atoms with Crippen molar-refractivity contribution >= 4 is 17.3 Å². The number of rotatable bonds is 4. The molecule has 1 amide bonds. The topological polar surface area (TPSA) is 68.0 Å². The molecular weight excluding hydrogens is 310 g/mol. The van der Waals surface area contributed by atoms with Crippen molar-refractivity contribution < 1.29 is 4.79 Å². The Bertz CT molecular complexity index is 871. The van der Waals surface area contributed by atoms with Crippen LogP contribution < -0.4 is 11.1 Å². The van der Waals surface area contributed by atoms with E-state index in [1.54, 1.807) is 12.3 Å². The summed E-state index contributed by atoms with van der Waals surface area (Å²) in [7, 11) is 0. The van der Waals surface area contributed by atoms with E-state index in [1.807, 2.05) is 54.6 Å². The molecule has 0 fully saturated rings. The molecule has 0 aliphatic carbocycles. The molecular formula is C21H21N3O. The van der Waals surface area contributed by atoms with Crippen molar-refractivity contribution in [3.05, 3.63) is 78.0 Å². The average molecular weight is 331 g/mol. The second-order valence-electron chi connectivity index (χ2n) is 6.25. The van der Waals surface area contributed by atoms with E-state index < -0.39 is 0 Å². The van der Waals surface area contributed by atoms with Crippen molar-refractivity contribution in [3.63, 3.8) is 0 Å². The van der Waals surface area contributed by atoms with Crippen molar-refractivity contribution in [1.29, 1.82) is 0 Å². The number of nitrogens with two attached hydrogens (primary N) is 1. The van der Waals surface area contributed by atoms with Crippen LogP contribution in [0.3, 0.4) is 0 Å². The van der Waals surface area contributed by atoms with Crippen LogP contribution >= 0.6 is 0 Å². The lowest BCUT2D eigenvalue weighted by molar-refractivity contribution is 0.102. The first-order valence-corrected chi connectivity index (χ1v) is 8.27. The number of carbonyl (C=O) groups is 1. The van der Waals surface area contributed by atoms with Gasteiger partial charge in [0.2, 0.25) is 0 Å². The first-order valence-electron chi connectivity index (χ1n) is 8.27. The van der Waals surface area contributed by atoms with Gasteiger partial charge in [0.25, 0.3) is 5.91 Å². The molecule has 0 aliphatic rings. The molecule has 4 nitrogen and oxygen atoms in total. The van der Waals surface area contributed by atoms with Crippen molar-refractivity contribution in [1.82, 2.24) is 4.98 Å². The van der Waals surface area contributed by atoms with E-state index in [1.165, 1.54) is 5.56 Å². The van der Waals surface area contributed by atoms with Crippen LogP contribution in [0.5, 0.6) is 0 Å². The van der Waals surface area contributed by atoms with Crippen LogP contribution in [0.2, 0.25) is 0 Å². The summed E-state index contributed by atoms with van der Waals surface area (Å²) in [6.07, 6.45) is 1.74. The third-order valence-electron chi connectivity index (χ3n) is 4.10. The summed E-state index contributed by atoms with van der Waals surface area (Å²) in [6, 6.07) is 18.9. The van der Waals surface area contributed by atoms with Crippen LogP contribution in [0.4, 0.5) is 11.4 Å². The Labute approximate surface area is 147 Å². The Balaban J connectivity index is 1.83. The molecule has 25 heavy (non-hydrogen) atoms. The number of nitrogens with zero attached hydrogens (tertiary/aromatic N) is 1. The Morgan fingerprint density at radius 1 is 1.04 bits per heavy atom. The minimum absolute atomic E-state index is 0.180. The second kappa shape index (κ2) is 7.18. The largest absolute Gasteiger partial charge is 0.397 e. The smallest absolute Gasteiger partial charge is 0.255 e. The quantitative estimate of drug-likeness (QED) is 0.681. The van der Waals surface area contributed by atoms with Crippen molar-refractivity contribution in [3.8, 4) is 11.3 Å². The molecule has 0 aliphatic heterocycles. The summed E-state index contributed by atoms with van der Waals surface area (Å²) in [5.74, 6) is 0.253. The maximum Gasteiger partial charge on any atom is 0.255 e. The van der Waals surface area contributed by atoms with E-state index in [-0.39, 0.29) is 5.91 Å². The fourth-order valence-corrected chi connectivity index (χ4v) is 2.57. The minimum Gasteiger partial charge on any atom is -0.397 e. The van der Waals surface area contributed by atoms with Gasteiger partial charge in [-0.25, -0.2) is 0 Å². The van der Waals surface area contributed by atoms with E-state index in [0.29, 0.717) is 22.9 Å². The summed E-state index contributed by atoms with van der Waals surface area (Å²) in [5.41, 5.74) is 10.7. The number of aromatic nitrogens is 1. The normalized spacial score (nSPS) is 10.7. The maximum absolute atomic E-state index is 12.5. The zero-order chi connectivity index (χ0) is 17.8. The van der Waals surface area contributed by atoms with Gasteiger partial charge in [-0.1, -0.05) is 38.1 Å². The van der Waals surface area contributed by atoms with Gasteiger partial charge in [-0.15, -0.1) is 0 Å². The van der Waals surface area contributed by atoms with E-state index in [4.69, 9.17) is 5.73 Å².